The third-order valence-electron chi connectivity index (χ3n) is 6.36. The molecule has 6 nitrogen and oxygen atoms in total. The van der Waals surface area contributed by atoms with E-state index in [4.69, 9.17) is 0 Å². The third-order valence-corrected chi connectivity index (χ3v) is 7.25. The number of fused-ring (bicyclic) bond motifs is 1. The maximum absolute atomic E-state index is 13.9. The van der Waals surface area contributed by atoms with Crippen molar-refractivity contribution in [2.24, 2.45) is 0 Å². The van der Waals surface area contributed by atoms with Gasteiger partial charge in [0.25, 0.3) is 5.91 Å². The number of nitrogens with one attached hydrogen (secondary N) is 1. The van der Waals surface area contributed by atoms with E-state index in [0.29, 0.717) is 17.1 Å². The number of nitrogens with zero attached hydrogens (tertiary/aromatic N) is 3. The van der Waals surface area contributed by atoms with Crippen LogP contribution in [-0.4, -0.2) is 27.1 Å². The Balaban J connectivity index is 1.53. The van der Waals surface area contributed by atoms with Gasteiger partial charge in [-0.2, -0.15) is 5.10 Å². The number of carbonyl (C=O) groups excluding carboxylic acids is 2. The Morgan fingerprint density at radius 3 is 2.63 bits per heavy atom. The fourth-order valence-corrected chi connectivity index (χ4v) is 5.10. The highest BCUT2D eigenvalue weighted by atomic mass is 32.1. The molecule has 0 saturated heterocycles. The van der Waals surface area contributed by atoms with Crippen LogP contribution in [0, 0.1) is 5.82 Å². The summed E-state index contributed by atoms with van der Waals surface area (Å²) in [6.45, 7) is 4.23. The van der Waals surface area contributed by atoms with E-state index in [-0.39, 0.29) is 30.7 Å². The molecule has 3 heterocycles. The van der Waals surface area contributed by atoms with Crippen LogP contribution in [0.3, 0.4) is 0 Å². The van der Waals surface area contributed by atoms with Crippen molar-refractivity contribution >= 4 is 28.8 Å². The summed E-state index contributed by atoms with van der Waals surface area (Å²) >= 11 is 1.55. The van der Waals surface area contributed by atoms with Crippen molar-refractivity contribution < 1.29 is 14.0 Å². The summed E-state index contributed by atoms with van der Waals surface area (Å²) in [4.78, 5) is 30.1. The largest absolute Gasteiger partial charge is 0.350 e. The van der Waals surface area contributed by atoms with Crippen LogP contribution in [0.4, 0.5) is 10.1 Å². The van der Waals surface area contributed by atoms with Crippen molar-refractivity contribution in [3.8, 4) is 10.6 Å². The van der Waals surface area contributed by atoms with Gasteiger partial charge in [-0.1, -0.05) is 37.3 Å². The SMILES string of the molecule is CCc1cccc(N2C(=O)c3cc(-c4cccs4)nn3C[C@@]2(C)C(=O)NCc2ccc(F)cc2)c1. The first-order valence-corrected chi connectivity index (χ1v) is 12.3. The molecule has 1 aliphatic rings. The van der Waals surface area contributed by atoms with Crippen LogP contribution in [0.5, 0.6) is 0 Å². The maximum atomic E-state index is 13.9. The van der Waals surface area contributed by atoms with Crippen molar-refractivity contribution in [2.45, 2.75) is 38.9 Å². The molecule has 8 heteroatoms. The normalized spacial score (nSPS) is 17.3. The van der Waals surface area contributed by atoms with Crippen molar-refractivity contribution in [3.05, 3.63) is 94.7 Å². The van der Waals surface area contributed by atoms with Crippen LogP contribution in [-0.2, 0) is 24.3 Å². The average Bonchev–Trinajstić information content (AvgIpc) is 3.54. The predicted octanol–water partition coefficient (Wildman–Crippen LogP) is 5.05. The highest BCUT2D eigenvalue weighted by Gasteiger charge is 2.49. The summed E-state index contributed by atoms with van der Waals surface area (Å²) in [5.74, 6) is -0.921. The van der Waals surface area contributed by atoms with Crippen LogP contribution in [0.15, 0.2) is 72.1 Å². The van der Waals surface area contributed by atoms with Gasteiger partial charge in [0.2, 0.25) is 5.91 Å². The summed E-state index contributed by atoms with van der Waals surface area (Å²) < 4.78 is 14.9. The molecule has 2 amide bonds. The lowest BCUT2D eigenvalue weighted by molar-refractivity contribution is -0.126. The first kappa shape index (κ1) is 23.0. The number of amides is 2. The zero-order valence-electron chi connectivity index (χ0n) is 19.5. The number of benzene rings is 2. The van der Waals surface area contributed by atoms with Crippen LogP contribution in [0.1, 0.15) is 35.5 Å². The van der Waals surface area contributed by atoms with E-state index in [9.17, 15) is 14.0 Å². The number of aromatic nitrogens is 2. The van der Waals surface area contributed by atoms with Crippen LogP contribution in [0.2, 0.25) is 0 Å². The Hall–Kier alpha value is -3.78. The highest BCUT2D eigenvalue weighted by molar-refractivity contribution is 7.13. The second-order valence-corrected chi connectivity index (χ2v) is 9.74. The molecule has 0 saturated carbocycles. The van der Waals surface area contributed by atoms with Crippen molar-refractivity contribution in [1.82, 2.24) is 15.1 Å². The summed E-state index contributed by atoms with van der Waals surface area (Å²) in [6.07, 6.45) is 0.809. The number of anilines is 1. The first-order valence-electron chi connectivity index (χ1n) is 11.5. The first-order chi connectivity index (χ1) is 16.9. The van der Waals surface area contributed by atoms with Gasteiger partial charge >= 0.3 is 0 Å². The molecule has 0 unspecified atom stereocenters. The lowest BCUT2D eigenvalue weighted by Crippen LogP contribution is -2.64. The zero-order valence-corrected chi connectivity index (χ0v) is 20.3. The molecular formula is C27H25FN4O2S. The number of halogens is 1. The number of carbonyl (C=O) groups is 2. The molecule has 1 N–H and O–H groups in total. The summed E-state index contributed by atoms with van der Waals surface area (Å²) in [7, 11) is 0. The smallest absolute Gasteiger partial charge is 0.277 e. The third kappa shape index (κ3) is 4.25. The van der Waals surface area contributed by atoms with Gasteiger partial charge in [0.1, 0.15) is 22.7 Å². The van der Waals surface area contributed by atoms with Crippen LogP contribution in [0.25, 0.3) is 10.6 Å². The molecule has 1 atom stereocenters. The van der Waals surface area contributed by atoms with E-state index in [1.54, 1.807) is 46.0 Å². The molecule has 1 aliphatic heterocycles. The van der Waals surface area contributed by atoms with Gasteiger partial charge in [-0.25, -0.2) is 4.39 Å². The Morgan fingerprint density at radius 1 is 1.11 bits per heavy atom. The van der Waals surface area contributed by atoms with Gasteiger partial charge in [0, 0.05) is 12.2 Å². The molecule has 2 aromatic heterocycles. The molecule has 2 aromatic carbocycles. The average molecular weight is 489 g/mol. The summed E-state index contributed by atoms with van der Waals surface area (Å²) in [5.41, 5.74) is 2.43. The lowest BCUT2D eigenvalue weighted by atomic mass is 9.93. The molecule has 0 spiro atoms. The predicted molar refractivity (Wildman–Crippen MR) is 135 cm³/mol. The molecule has 0 aliphatic carbocycles. The Labute approximate surface area is 207 Å². The van der Waals surface area contributed by atoms with E-state index < -0.39 is 5.54 Å². The molecular weight excluding hydrogens is 463 g/mol. The number of aryl methyl sites for hydroxylation is 1. The Kier molecular flexibility index (Phi) is 5.98. The van der Waals surface area contributed by atoms with E-state index in [1.807, 2.05) is 48.7 Å². The van der Waals surface area contributed by atoms with E-state index in [2.05, 4.69) is 10.4 Å². The summed E-state index contributed by atoms with van der Waals surface area (Å²) in [5, 5.41) is 9.58. The quantitative estimate of drug-likeness (QED) is 0.413. The molecule has 0 fully saturated rings. The monoisotopic (exact) mass is 488 g/mol. The van der Waals surface area contributed by atoms with E-state index >= 15 is 0 Å². The molecule has 35 heavy (non-hydrogen) atoms. The Bertz CT molecular complexity index is 1380. The molecule has 4 aromatic rings. The van der Waals surface area contributed by atoms with E-state index in [0.717, 1.165) is 22.4 Å². The fraction of sp³-hybridized carbons (Fsp3) is 0.222. The molecule has 0 radical (unpaired) electrons. The minimum Gasteiger partial charge on any atom is -0.350 e. The standard InChI is InChI=1S/C27H25FN4O2S/c1-3-18-6-4-7-21(14-18)32-25(33)23-15-22(24-8-5-13-35-24)30-31(23)17-27(32,2)26(34)29-16-19-9-11-20(28)12-10-19/h4-15H,3,16-17H2,1-2H3,(H,29,34)/t27-/m0/s1. The van der Waals surface area contributed by atoms with Gasteiger partial charge in [0.15, 0.2) is 0 Å². The van der Waals surface area contributed by atoms with Gasteiger partial charge in [-0.15, -0.1) is 11.3 Å². The number of hydrogen-bond donors (Lipinski definition) is 1. The van der Waals surface area contributed by atoms with Crippen molar-refractivity contribution in [1.29, 1.82) is 0 Å². The Morgan fingerprint density at radius 2 is 1.91 bits per heavy atom. The zero-order chi connectivity index (χ0) is 24.6. The van der Waals surface area contributed by atoms with Crippen LogP contribution >= 0.6 is 11.3 Å². The van der Waals surface area contributed by atoms with Crippen molar-refractivity contribution in [2.75, 3.05) is 4.90 Å². The second-order valence-electron chi connectivity index (χ2n) is 8.80. The minimum atomic E-state index is -1.23. The number of thiophene rings is 1. The fourth-order valence-electron chi connectivity index (χ4n) is 4.42. The van der Waals surface area contributed by atoms with Crippen molar-refractivity contribution in [3.63, 3.8) is 0 Å². The number of hydrogen-bond acceptors (Lipinski definition) is 4. The molecule has 5 rings (SSSR count). The minimum absolute atomic E-state index is 0.199. The summed E-state index contributed by atoms with van der Waals surface area (Å²) in [6, 6.07) is 19.4. The number of rotatable bonds is 6. The maximum Gasteiger partial charge on any atom is 0.277 e. The molecule has 178 valence electrons. The second kappa shape index (κ2) is 9.11. The van der Waals surface area contributed by atoms with Gasteiger partial charge in [-0.3, -0.25) is 19.2 Å². The topological polar surface area (TPSA) is 67.2 Å². The van der Waals surface area contributed by atoms with E-state index in [1.165, 1.54) is 12.1 Å². The van der Waals surface area contributed by atoms with Gasteiger partial charge in [-0.05, 0) is 66.2 Å². The highest BCUT2D eigenvalue weighted by Crippen LogP contribution is 2.35. The molecule has 0 bridgehead atoms. The van der Waals surface area contributed by atoms with Gasteiger partial charge < -0.3 is 5.32 Å². The van der Waals surface area contributed by atoms with Gasteiger partial charge in [0.05, 0.1) is 11.4 Å². The van der Waals surface area contributed by atoms with Crippen LogP contribution < -0.4 is 10.2 Å². The lowest BCUT2D eigenvalue weighted by Gasteiger charge is -2.43.